The van der Waals surface area contributed by atoms with Crippen molar-refractivity contribution in [2.24, 2.45) is 5.10 Å². The lowest BCUT2D eigenvalue weighted by Crippen LogP contribution is -2.37. The third kappa shape index (κ3) is 3.81. The number of hydrogen-bond acceptors (Lipinski definition) is 6. The topological polar surface area (TPSA) is 82.8 Å². The minimum absolute atomic E-state index is 0.668. The zero-order valence-electron chi connectivity index (χ0n) is 18.0. The molecule has 0 bridgehead atoms. The number of benzene rings is 2. The van der Waals surface area contributed by atoms with Crippen molar-refractivity contribution >= 4 is 34.4 Å². The lowest BCUT2D eigenvalue weighted by atomic mass is 10.1. The minimum atomic E-state index is 0.668. The number of nitrogens with zero attached hydrogens (tertiary/aromatic N) is 5. The zero-order valence-corrected chi connectivity index (χ0v) is 18.0. The van der Waals surface area contributed by atoms with Gasteiger partial charge in [-0.25, -0.2) is 4.98 Å². The summed E-state index contributed by atoms with van der Waals surface area (Å²) in [4.78, 5) is 10.3. The fourth-order valence-electron chi connectivity index (χ4n) is 4.17. The van der Waals surface area contributed by atoms with Crippen molar-refractivity contribution in [3.05, 3.63) is 78.5 Å². The van der Waals surface area contributed by atoms with Crippen LogP contribution in [0, 0.1) is 0 Å². The fourth-order valence-corrected chi connectivity index (χ4v) is 4.17. The van der Waals surface area contributed by atoms with Crippen molar-refractivity contribution in [3.8, 4) is 11.3 Å². The largest absolute Gasteiger partial charge is 0.378 e. The molecule has 0 radical (unpaired) electrons. The van der Waals surface area contributed by atoms with E-state index < -0.39 is 0 Å². The smallest absolute Gasteiger partial charge is 0.160 e. The fraction of sp³-hybridized carbons (Fsp3) is 0.160. The molecular weight excluding hydrogens is 414 g/mol. The summed E-state index contributed by atoms with van der Waals surface area (Å²) in [6.45, 7) is 2.99. The normalized spacial score (nSPS) is 14.5. The van der Waals surface area contributed by atoms with Gasteiger partial charge in [-0.15, -0.1) is 0 Å². The average Bonchev–Trinajstić information content (AvgIpc) is 3.52. The van der Waals surface area contributed by atoms with Crippen LogP contribution >= 0.6 is 0 Å². The van der Waals surface area contributed by atoms with Gasteiger partial charge >= 0.3 is 0 Å². The summed E-state index contributed by atoms with van der Waals surface area (Å²) in [6.07, 6.45) is 3.76. The van der Waals surface area contributed by atoms with Gasteiger partial charge in [0, 0.05) is 53.4 Å². The van der Waals surface area contributed by atoms with Crippen LogP contribution in [0.5, 0.6) is 0 Å². The van der Waals surface area contributed by atoms with Crippen LogP contribution in [0.15, 0.2) is 78.0 Å². The van der Waals surface area contributed by atoms with Crippen LogP contribution in [0.1, 0.15) is 5.56 Å². The molecule has 8 heteroatoms. The Kier molecular flexibility index (Phi) is 4.97. The number of anilines is 2. The van der Waals surface area contributed by atoms with Crippen LogP contribution in [0.4, 0.5) is 11.6 Å². The number of morpholine rings is 1. The lowest BCUT2D eigenvalue weighted by Gasteiger charge is -2.29. The van der Waals surface area contributed by atoms with Crippen LogP contribution in [0.2, 0.25) is 0 Å². The van der Waals surface area contributed by atoms with E-state index in [9.17, 15) is 0 Å². The molecule has 0 atom stereocenters. The van der Waals surface area contributed by atoms with E-state index in [1.807, 2.05) is 65.5 Å². The third-order valence-electron chi connectivity index (χ3n) is 5.82. The number of aromatic nitrogens is 4. The molecule has 6 rings (SSSR count). The number of hydrazone groups is 1. The summed E-state index contributed by atoms with van der Waals surface area (Å²) >= 11 is 0. The molecule has 5 aromatic rings. The molecule has 1 fully saturated rings. The van der Waals surface area contributed by atoms with Gasteiger partial charge in [0.05, 0.1) is 25.1 Å². The molecule has 1 saturated heterocycles. The summed E-state index contributed by atoms with van der Waals surface area (Å²) in [5.74, 6) is 1.64. The molecule has 0 amide bonds. The first-order valence-corrected chi connectivity index (χ1v) is 11.0. The summed E-state index contributed by atoms with van der Waals surface area (Å²) in [5, 5.41) is 10.5. The van der Waals surface area contributed by atoms with E-state index >= 15 is 0 Å². The quantitative estimate of drug-likeness (QED) is 0.319. The van der Waals surface area contributed by atoms with Crippen LogP contribution in [-0.4, -0.2) is 52.1 Å². The van der Waals surface area contributed by atoms with Gasteiger partial charge in [-0.2, -0.15) is 14.7 Å². The Bertz CT molecular complexity index is 1430. The number of H-pyrrole nitrogens is 1. The maximum atomic E-state index is 5.55. The first-order valence-electron chi connectivity index (χ1n) is 11.0. The predicted molar refractivity (Wildman–Crippen MR) is 131 cm³/mol. The van der Waals surface area contributed by atoms with Gasteiger partial charge in [-0.05, 0) is 12.1 Å². The predicted octanol–water partition coefficient (Wildman–Crippen LogP) is 4.16. The van der Waals surface area contributed by atoms with Crippen molar-refractivity contribution in [1.29, 1.82) is 0 Å². The Morgan fingerprint density at radius 3 is 2.76 bits per heavy atom. The second kappa shape index (κ2) is 8.40. The highest BCUT2D eigenvalue weighted by atomic mass is 16.5. The summed E-state index contributed by atoms with van der Waals surface area (Å²) < 4.78 is 7.46. The molecular formula is C25H23N7O. The lowest BCUT2D eigenvalue weighted by molar-refractivity contribution is 0.122. The molecule has 0 spiro atoms. The molecule has 8 nitrogen and oxygen atoms in total. The van der Waals surface area contributed by atoms with Crippen molar-refractivity contribution in [2.75, 3.05) is 36.6 Å². The van der Waals surface area contributed by atoms with Gasteiger partial charge in [0.25, 0.3) is 0 Å². The van der Waals surface area contributed by atoms with E-state index in [1.54, 1.807) is 0 Å². The van der Waals surface area contributed by atoms with Crippen LogP contribution in [-0.2, 0) is 4.74 Å². The maximum Gasteiger partial charge on any atom is 0.160 e. The molecule has 0 aliphatic carbocycles. The van der Waals surface area contributed by atoms with Gasteiger partial charge in [-0.3, -0.25) is 5.43 Å². The minimum Gasteiger partial charge on any atom is -0.378 e. The van der Waals surface area contributed by atoms with E-state index in [0.29, 0.717) is 19.0 Å². The van der Waals surface area contributed by atoms with Gasteiger partial charge in [0.15, 0.2) is 11.5 Å². The molecule has 3 aromatic heterocycles. The molecule has 1 aliphatic heterocycles. The van der Waals surface area contributed by atoms with E-state index in [4.69, 9.17) is 14.8 Å². The highest BCUT2D eigenvalue weighted by Crippen LogP contribution is 2.26. The van der Waals surface area contributed by atoms with Gasteiger partial charge in [0.2, 0.25) is 0 Å². The molecule has 1 aliphatic rings. The number of rotatable bonds is 5. The maximum absolute atomic E-state index is 5.55. The summed E-state index contributed by atoms with van der Waals surface area (Å²) in [6, 6.07) is 22.3. The SMILES string of the molecule is C(=NNc1cc(N2CCOCC2)n2nc(-c3ccccc3)cc2n1)c1cccc2[nH]ccc12. The summed E-state index contributed by atoms with van der Waals surface area (Å²) in [5.41, 5.74) is 7.95. The van der Waals surface area contributed by atoms with Gasteiger partial charge in [0.1, 0.15) is 5.82 Å². The number of fused-ring (bicyclic) bond motifs is 2. The van der Waals surface area contributed by atoms with Gasteiger partial charge in [-0.1, -0.05) is 42.5 Å². The Morgan fingerprint density at radius 2 is 1.88 bits per heavy atom. The van der Waals surface area contributed by atoms with E-state index in [2.05, 4.69) is 38.6 Å². The monoisotopic (exact) mass is 437 g/mol. The highest BCUT2D eigenvalue weighted by Gasteiger charge is 2.18. The second-order valence-corrected chi connectivity index (χ2v) is 7.92. The number of aromatic amines is 1. The van der Waals surface area contributed by atoms with Crippen LogP contribution < -0.4 is 10.3 Å². The molecule has 0 unspecified atom stereocenters. The second-order valence-electron chi connectivity index (χ2n) is 7.92. The van der Waals surface area contributed by atoms with Crippen molar-refractivity contribution < 1.29 is 4.74 Å². The Hall–Kier alpha value is -4.17. The highest BCUT2D eigenvalue weighted by molar-refractivity contribution is 5.98. The number of hydrogen-bond donors (Lipinski definition) is 2. The number of nitrogens with one attached hydrogen (secondary N) is 2. The Morgan fingerprint density at radius 1 is 1.00 bits per heavy atom. The third-order valence-corrected chi connectivity index (χ3v) is 5.82. The molecule has 0 saturated carbocycles. The summed E-state index contributed by atoms with van der Waals surface area (Å²) in [7, 11) is 0. The first kappa shape index (κ1) is 19.5. The molecule has 4 heterocycles. The van der Waals surface area contributed by atoms with E-state index in [1.165, 1.54) is 0 Å². The van der Waals surface area contributed by atoms with Crippen molar-refractivity contribution in [1.82, 2.24) is 19.6 Å². The Balaban J connectivity index is 1.36. The molecule has 2 N–H and O–H groups in total. The van der Waals surface area contributed by atoms with Gasteiger partial charge < -0.3 is 14.6 Å². The van der Waals surface area contributed by atoms with Crippen molar-refractivity contribution in [2.45, 2.75) is 0 Å². The Labute approximate surface area is 190 Å². The van der Waals surface area contributed by atoms with Crippen molar-refractivity contribution in [3.63, 3.8) is 0 Å². The molecule has 164 valence electrons. The molecule has 33 heavy (non-hydrogen) atoms. The van der Waals surface area contributed by atoms with E-state index in [-0.39, 0.29) is 0 Å². The zero-order chi connectivity index (χ0) is 22.0. The number of ether oxygens (including phenoxy) is 1. The first-order chi connectivity index (χ1) is 16.3. The van der Waals surface area contributed by atoms with Crippen LogP contribution in [0.3, 0.4) is 0 Å². The molecule has 2 aromatic carbocycles. The average molecular weight is 438 g/mol. The standard InChI is InChI=1S/C25H23N7O/c1-2-5-18(6-3-1)22-15-24-28-23(16-25(32(24)30-22)31-11-13-33-14-12-31)29-27-17-19-7-4-8-21-20(19)9-10-26-21/h1-10,15-17,26H,11-14H2,(H,28,29). The van der Waals surface area contributed by atoms with Crippen LogP contribution in [0.25, 0.3) is 27.8 Å². The van der Waals surface area contributed by atoms with E-state index in [0.717, 1.165) is 52.3 Å².